The SMILES string of the molecule is N#C[Se]c1cccc(CN2CCC3=C(C2)C(=O)N(Cc2ccc(C(F)(F)F)cc2)C2=NCCN23)c1. The van der Waals surface area contributed by atoms with E-state index in [2.05, 4.69) is 25.8 Å². The van der Waals surface area contributed by atoms with E-state index in [9.17, 15) is 18.0 Å². The summed E-state index contributed by atoms with van der Waals surface area (Å²) in [6.07, 6.45) is -3.66. The molecule has 5 rings (SSSR count). The van der Waals surface area contributed by atoms with E-state index in [0.717, 1.165) is 46.4 Å². The van der Waals surface area contributed by atoms with Crippen LogP contribution in [0.4, 0.5) is 13.2 Å². The minimum atomic E-state index is -4.40. The molecule has 10 heteroatoms. The molecule has 35 heavy (non-hydrogen) atoms. The van der Waals surface area contributed by atoms with E-state index < -0.39 is 11.7 Å². The van der Waals surface area contributed by atoms with Crippen LogP contribution >= 0.6 is 0 Å². The minimum absolute atomic E-state index is 0.136. The molecule has 180 valence electrons. The van der Waals surface area contributed by atoms with Gasteiger partial charge in [0.05, 0.1) is 5.56 Å². The Kier molecular flexibility index (Phi) is 6.41. The molecule has 3 heterocycles. The Morgan fingerprint density at radius 3 is 2.60 bits per heavy atom. The summed E-state index contributed by atoms with van der Waals surface area (Å²) in [7, 11) is 0. The van der Waals surface area contributed by atoms with Crippen LogP contribution in [0.15, 0.2) is 64.8 Å². The van der Waals surface area contributed by atoms with Crippen molar-refractivity contribution in [1.82, 2.24) is 14.7 Å². The summed E-state index contributed by atoms with van der Waals surface area (Å²) in [6, 6.07) is 12.9. The number of hydrogen-bond acceptors (Lipinski definition) is 5. The van der Waals surface area contributed by atoms with Crippen LogP contribution in [-0.4, -0.2) is 67.7 Å². The Balaban J connectivity index is 1.35. The van der Waals surface area contributed by atoms with Crippen LogP contribution in [0, 0.1) is 10.2 Å². The number of fused-ring (bicyclic) bond motifs is 2. The van der Waals surface area contributed by atoms with E-state index in [1.54, 1.807) is 4.90 Å². The van der Waals surface area contributed by atoms with Crippen molar-refractivity contribution in [1.29, 1.82) is 5.26 Å². The van der Waals surface area contributed by atoms with Crippen molar-refractivity contribution >= 4 is 31.3 Å². The molecule has 1 amide bonds. The van der Waals surface area contributed by atoms with Crippen LogP contribution in [0.3, 0.4) is 0 Å². The Morgan fingerprint density at radius 2 is 1.86 bits per heavy atom. The molecule has 6 nitrogen and oxygen atoms in total. The molecule has 2 aromatic carbocycles. The number of nitrogens with zero attached hydrogens (tertiary/aromatic N) is 5. The number of benzene rings is 2. The molecule has 0 atom stereocenters. The number of carbonyl (C=O) groups excluding carboxylic acids is 1. The Morgan fingerprint density at radius 1 is 1.06 bits per heavy atom. The summed E-state index contributed by atoms with van der Waals surface area (Å²) in [5.41, 5.74) is 2.75. The van der Waals surface area contributed by atoms with Crippen molar-refractivity contribution in [3.63, 3.8) is 0 Å². The van der Waals surface area contributed by atoms with Crippen molar-refractivity contribution in [2.45, 2.75) is 25.7 Å². The second kappa shape index (κ2) is 9.50. The molecule has 3 aliphatic rings. The van der Waals surface area contributed by atoms with Gasteiger partial charge in [-0.15, -0.1) is 0 Å². The number of carbonyl (C=O) groups is 1. The molecule has 0 saturated carbocycles. The van der Waals surface area contributed by atoms with E-state index in [-0.39, 0.29) is 27.4 Å². The van der Waals surface area contributed by atoms with Crippen LogP contribution in [0.25, 0.3) is 0 Å². The van der Waals surface area contributed by atoms with E-state index in [1.807, 2.05) is 18.2 Å². The number of halogens is 3. The third-order valence-electron chi connectivity index (χ3n) is 6.37. The van der Waals surface area contributed by atoms with Crippen molar-refractivity contribution in [2.75, 3.05) is 26.2 Å². The van der Waals surface area contributed by atoms with E-state index in [4.69, 9.17) is 5.26 Å². The zero-order valence-electron chi connectivity index (χ0n) is 18.8. The van der Waals surface area contributed by atoms with Gasteiger partial charge in [0.1, 0.15) is 0 Å². The fraction of sp³-hybridized carbons (Fsp3) is 0.320. The molecular weight excluding hydrogens is 522 g/mol. The van der Waals surface area contributed by atoms with Crippen LogP contribution in [0.5, 0.6) is 0 Å². The summed E-state index contributed by atoms with van der Waals surface area (Å²) in [4.78, 5) is 26.3. The van der Waals surface area contributed by atoms with Gasteiger partial charge in [0, 0.05) is 0 Å². The first-order valence-electron chi connectivity index (χ1n) is 11.2. The standard InChI is InChI=1S/C25H22F3N5OSe/c26-25(27,28)19-6-4-17(5-7-19)14-33-23(34)21-15-31(10-8-22(21)32-11-9-30-24(32)33)13-18-2-1-3-20(12-18)35-16-29/h1-7,12H,8-11,13-15H2. The second-order valence-electron chi connectivity index (χ2n) is 8.65. The van der Waals surface area contributed by atoms with E-state index >= 15 is 0 Å². The van der Waals surface area contributed by atoms with Gasteiger partial charge in [-0.25, -0.2) is 0 Å². The number of guanidine groups is 1. The second-order valence-corrected chi connectivity index (χ2v) is 10.4. The zero-order valence-corrected chi connectivity index (χ0v) is 20.5. The van der Waals surface area contributed by atoms with Crippen molar-refractivity contribution in [3.05, 3.63) is 76.5 Å². The fourth-order valence-corrected chi connectivity index (χ4v) is 5.72. The number of rotatable bonds is 5. The first-order chi connectivity index (χ1) is 16.8. The number of amides is 1. The van der Waals surface area contributed by atoms with Gasteiger partial charge in [-0.2, -0.15) is 13.2 Å². The quantitative estimate of drug-likeness (QED) is 0.544. The van der Waals surface area contributed by atoms with Gasteiger partial charge < -0.3 is 0 Å². The fourth-order valence-electron chi connectivity index (χ4n) is 4.75. The van der Waals surface area contributed by atoms with Gasteiger partial charge in [-0.3, -0.25) is 0 Å². The van der Waals surface area contributed by atoms with Crippen molar-refractivity contribution < 1.29 is 18.0 Å². The summed E-state index contributed by atoms with van der Waals surface area (Å²) in [5, 5.41) is 9.00. The van der Waals surface area contributed by atoms with Gasteiger partial charge >= 0.3 is 177 Å². The normalized spacial score (nSPS) is 18.3. The Hall–Kier alpha value is -3.12. The van der Waals surface area contributed by atoms with Crippen LogP contribution in [0.2, 0.25) is 0 Å². The number of alkyl halides is 3. The third-order valence-corrected chi connectivity index (χ3v) is 7.59. The molecular formula is C25H22F3N5OSe. The van der Waals surface area contributed by atoms with E-state index in [1.165, 1.54) is 12.1 Å². The van der Waals surface area contributed by atoms with Gasteiger partial charge in [0.25, 0.3) is 0 Å². The number of hydrogen-bond donors (Lipinski definition) is 0. The van der Waals surface area contributed by atoms with E-state index in [0.29, 0.717) is 37.7 Å². The van der Waals surface area contributed by atoms with Crippen LogP contribution in [0.1, 0.15) is 23.1 Å². The topological polar surface area (TPSA) is 62.9 Å². The number of aliphatic imine (C=N–C) groups is 1. The van der Waals surface area contributed by atoms with Gasteiger partial charge in [0.15, 0.2) is 0 Å². The maximum absolute atomic E-state index is 13.6. The van der Waals surface area contributed by atoms with Crippen LogP contribution < -0.4 is 4.46 Å². The maximum atomic E-state index is 13.6. The molecule has 0 spiro atoms. The van der Waals surface area contributed by atoms with Gasteiger partial charge in [-0.1, -0.05) is 0 Å². The monoisotopic (exact) mass is 545 g/mol. The molecule has 0 N–H and O–H groups in total. The van der Waals surface area contributed by atoms with Gasteiger partial charge in [0.2, 0.25) is 0 Å². The van der Waals surface area contributed by atoms with Crippen molar-refractivity contribution in [2.24, 2.45) is 4.99 Å². The molecule has 2 aromatic rings. The molecule has 0 saturated heterocycles. The molecule has 0 fully saturated rings. The molecule has 3 aliphatic heterocycles. The first kappa shape index (κ1) is 23.6. The molecule has 0 bridgehead atoms. The van der Waals surface area contributed by atoms with Crippen molar-refractivity contribution in [3.8, 4) is 4.97 Å². The third kappa shape index (κ3) is 4.85. The Bertz CT molecular complexity index is 1250. The average Bonchev–Trinajstić information content (AvgIpc) is 3.32. The summed E-state index contributed by atoms with van der Waals surface area (Å²) in [6.45, 7) is 3.43. The van der Waals surface area contributed by atoms with Crippen LogP contribution in [-0.2, 0) is 24.1 Å². The van der Waals surface area contributed by atoms with Gasteiger partial charge in [-0.05, 0) is 12.1 Å². The predicted octanol–water partition coefficient (Wildman–Crippen LogP) is 2.69. The predicted molar refractivity (Wildman–Crippen MR) is 125 cm³/mol. The zero-order chi connectivity index (χ0) is 24.6. The summed E-state index contributed by atoms with van der Waals surface area (Å²) in [5.74, 6) is 0.455. The molecule has 0 aliphatic carbocycles. The molecule has 0 unspecified atom stereocenters. The number of nitriles is 1. The Labute approximate surface area is 207 Å². The summed E-state index contributed by atoms with van der Waals surface area (Å²) < 4.78 is 39.9. The molecule has 0 aromatic heterocycles. The summed E-state index contributed by atoms with van der Waals surface area (Å²) >= 11 is -0.211. The molecule has 0 radical (unpaired) electrons. The first-order valence-corrected chi connectivity index (χ1v) is 12.9. The average molecular weight is 544 g/mol.